The fourth-order valence-corrected chi connectivity index (χ4v) is 3.48. The zero-order valence-corrected chi connectivity index (χ0v) is 12.3. The number of nitrogens with two attached hydrogens (primary N) is 1. The van der Waals surface area contributed by atoms with Gasteiger partial charge < -0.3 is 11.1 Å². The zero-order chi connectivity index (χ0) is 14.1. The Morgan fingerprint density at radius 3 is 2.90 bits per heavy atom. The van der Waals surface area contributed by atoms with Crippen LogP contribution in [0.3, 0.4) is 0 Å². The molecule has 3 nitrogen and oxygen atoms in total. The monoisotopic (exact) mass is 286 g/mol. The predicted molar refractivity (Wildman–Crippen MR) is 82.2 cm³/mol. The highest BCUT2D eigenvalue weighted by Gasteiger charge is 2.18. The van der Waals surface area contributed by atoms with E-state index >= 15 is 0 Å². The van der Waals surface area contributed by atoms with Crippen LogP contribution >= 0.6 is 11.3 Å². The number of carbonyl (C=O) groups excluding carboxylic acids is 1. The van der Waals surface area contributed by atoms with E-state index in [-0.39, 0.29) is 11.9 Å². The number of hydrogen-bond donors (Lipinski definition) is 2. The molecule has 0 saturated heterocycles. The maximum Gasteiger partial charge on any atom is 0.251 e. The van der Waals surface area contributed by atoms with Gasteiger partial charge in [-0.1, -0.05) is 12.1 Å². The molecule has 0 spiro atoms. The van der Waals surface area contributed by atoms with Gasteiger partial charge in [0.05, 0.1) is 6.04 Å². The third-order valence-corrected chi connectivity index (χ3v) is 4.80. The summed E-state index contributed by atoms with van der Waals surface area (Å²) in [5, 5.41) is 2.93. The molecule has 0 bridgehead atoms. The fourth-order valence-electron chi connectivity index (χ4n) is 2.58. The first-order chi connectivity index (χ1) is 9.65. The highest BCUT2D eigenvalue weighted by Crippen LogP contribution is 2.28. The minimum absolute atomic E-state index is 0.0221. The van der Waals surface area contributed by atoms with Gasteiger partial charge in [-0.25, -0.2) is 0 Å². The molecule has 1 aromatic carbocycles. The van der Waals surface area contributed by atoms with Gasteiger partial charge in [0.15, 0.2) is 0 Å². The highest BCUT2D eigenvalue weighted by molar-refractivity contribution is 7.12. The summed E-state index contributed by atoms with van der Waals surface area (Å²) in [6.07, 6.45) is 1.94. The van der Waals surface area contributed by atoms with E-state index in [4.69, 9.17) is 5.73 Å². The number of aryl methyl sites for hydroxylation is 2. The summed E-state index contributed by atoms with van der Waals surface area (Å²) in [6, 6.07) is 10.0. The van der Waals surface area contributed by atoms with Crippen LogP contribution in [-0.2, 0) is 6.42 Å². The SMILES string of the molecule is Cc1ccc(C(N)c2ccc3c(c2)C(=O)NCCC3)s1. The van der Waals surface area contributed by atoms with E-state index in [2.05, 4.69) is 36.5 Å². The number of carbonyl (C=O) groups is 1. The maximum absolute atomic E-state index is 12.1. The summed E-state index contributed by atoms with van der Waals surface area (Å²) < 4.78 is 0. The van der Waals surface area contributed by atoms with Gasteiger partial charge in [-0.2, -0.15) is 0 Å². The van der Waals surface area contributed by atoms with Gasteiger partial charge in [0.25, 0.3) is 5.91 Å². The molecule has 3 N–H and O–H groups in total. The van der Waals surface area contributed by atoms with Crippen molar-refractivity contribution in [3.8, 4) is 0 Å². The van der Waals surface area contributed by atoms with Gasteiger partial charge in [0, 0.05) is 21.9 Å². The molecule has 20 heavy (non-hydrogen) atoms. The summed E-state index contributed by atoms with van der Waals surface area (Å²) in [5.74, 6) is 0.0221. The lowest BCUT2D eigenvalue weighted by Gasteiger charge is -2.13. The second-order valence-electron chi connectivity index (χ2n) is 5.20. The molecule has 1 aromatic heterocycles. The van der Waals surface area contributed by atoms with Gasteiger partial charge in [-0.15, -0.1) is 11.3 Å². The Hall–Kier alpha value is -1.65. The normalized spacial score (nSPS) is 16.2. The number of fused-ring (bicyclic) bond motifs is 1. The summed E-state index contributed by atoms with van der Waals surface area (Å²) in [5.41, 5.74) is 9.23. The molecule has 0 aliphatic carbocycles. The smallest absolute Gasteiger partial charge is 0.251 e. The number of hydrogen-bond acceptors (Lipinski definition) is 3. The summed E-state index contributed by atoms with van der Waals surface area (Å²) in [6.45, 7) is 2.82. The number of rotatable bonds is 2. The topological polar surface area (TPSA) is 55.1 Å². The molecule has 1 aliphatic rings. The molecule has 3 rings (SSSR count). The lowest BCUT2D eigenvalue weighted by Crippen LogP contribution is -2.23. The van der Waals surface area contributed by atoms with E-state index in [1.165, 1.54) is 4.88 Å². The molecule has 1 aliphatic heterocycles. The summed E-state index contributed by atoms with van der Waals surface area (Å²) in [7, 11) is 0. The van der Waals surface area contributed by atoms with Gasteiger partial charge >= 0.3 is 0 Å². The second kappa shape index (κ2) is 5.38. The quantitative estimate of drug-likeness (QED) is 0.892. The molecule has 2 aromatic rings. The third-order valence-electron chi connectivity index (χ3n) is 3.71. The standard InChI is InChI=1S/C16H18N2OS/c1-10-4-7-14(20-10)15(17)12-6-5-11-3-2-8-18-16(19)13(11)9-12/h4-7,9,15H,2-3,8,17H2,1H3,(H,18,19). The molecule has 4 heteroatoms. The largest absolute Gasteiger partial charge is 0.352 e. The van der Waals surface area contributed by atoms with Crippen LogP contribution in [0.5, 0.6) is 0 Å². The van der Waals surface area contributed by atoms with Crippen molar-refractivity contribution in [3.05, 3.63) is 56.8 Å². The van der Waals surface area contributed by atoms with E-state index in [1.54, 1.807) is 11.3 Å². The lowest BCUT2D eigenvalue weighted by atomic mass is 9.97. The Labute approximate surface area is 122 Å². The van der Waals surface area contributed by atoms with E-state index in [1.807, 2.05) is 6.07 Å². The summed E-state index contributed by atoms with van der Waals surface area (Å²) >= 11 is 1.71. The highest BCUT2D eigenvalue weighted by atomic mass is 32.1. The van der Waals surface area contributed by atoms with E-state index in [9.17, 15) is 4.79 Å². The minimum atomic E-state index is -0.157. The van der Waals surface area contributed by atoms with Crippen LogP contribution in [0.2, 0.25) is 0 Å². The van der Waals surface area contributed by atoms with E-state index in [0.717, 1.165) is 41.0 Å². The first kappa shape index (κ1) is 13.3. The van der Waals surface area contributed by atoms with Crippen molar-refractivity contribution in [2.45, 2.75) is 25.8 Å². The van der Waals surface area contributed by atoms with Crippen LogP contribution in [0.25, 0.3) is 0 Å². The molecule has 0 fully saturated rings. The number of nitrogens with one attached hydrogen (secondary N) is 1. The molecule has 104 valence electrons. The molecule has 2 heterocycles. The second-order valence-corrected chi connectivity index (χ2v) is 6.52. The van der Waals surface area contributed by atoms with Crippen molar-refractivity contribution in [2.24, 2.45) is 5.73 Å². The van der Waals surface area contributed by atoms with Gasteiger partial charge in [0.1, 0.15) is 0 Å². The van der Waals surface area contributed by atoms with Crippen molar-refractivity contribution in [1.29, 1.82) is 0 Å². The Balaban J connectivity index is 1.97. The third kappa shape index (κ3) is 2.49. The number of benzene rings is 1. The first-order valence-electron chi connectivity index (χ1n) is 6.88. The van der Waals surface area contributed by atoms with E-state index in [0.29, 0.717) is 0 Å². The van der Waals surface area contributed by atoms with Crippen LogP contribution < -0.4 is 11.1 Å². The average Bonchev–Trinajstić information content (AvgIpc) is 2.80. The number of amides is 1. The van der Waals surface area contributed by atoms with Crippen molar-refractivity contribution >= 4 is 17.2 Å². The molecule has 1 amide bonds. The molecule has 1 atom stereocenters. The van der Waals surface area contributed by atoms with Crippen LogP contribution in [0.1, 0.15) is 43.7 Å². The van der Waals surface area contributed by atoms with Crippen molar-refractivity contribution in [3.63, 3.8) is 0 Å². The molecule has 0 saturated carbocycles. The van der Waals surface area contributed by atoms with Crippen LogP contribution in [0.4, 0.5) is 0 Å². The predicted octanol–water partition coefficient (Wildman–Crippen LogP) is 2.78. The molecular formula is C16H18N2OS. The average molecular weight is 286 g/mol. The van der Waals surface area contributed by atoms with Crippen molar-refractivity contribution < 1.29 is 4.79 Å². The minimum Gasteiger partial charge on any atom is -0.352 e. The fraction of sp³-hybridized carbons (Fsp3) is 0.312. The first-order valence-corrected chi connectivity index (χ1v) is 7.70. The maximum atomic E-state index is 12.1. The van der Waals surface area contributed by atoms with Gasteiger partial charge in [-0.3, -0.25) is 4.79 Å². The Bertz CT molecular complexity index is 648. The van der Waals surface area contributed by atoms with Crippen LogP contribution in [-0.4, -0.2) is 12.5 Å². The van der Waals surface area contributed by atoms with Crippen molar-refractivity contribution in [1.82, 2.24) is 5.32 Å². The molecular weight excluding hydrogens is 268 g/mol. The van der Waals surface area contributed by atoms with Gasteiger partial charge in [-0.05, 0) is 49.1 Å². The van der Waals surface area contributed by atoms with E-state index < -0.39 is 0 Å². The molecule has 0 radical (unpaired) electrons. The Morgan fingerprint density at radius 2 is 2.15 bits per heavy atom. The van der Waals surface area contributed by atoms with Gasteiger partial charge in [0.2, 0.25) is 0 Å². The Kier molecular flexibility index (Phi) is 3.59. The van der Waals surface area contributed by atoms with Crippen molar-refractivity contribution in [2.75, 3.05) is 6.54 Å². The molecule has 1 unspecified atom stereocenters. The summed E-state index contributed by atoms with van der Waals surface area (Å²) in [4.78, 5) is 14.5. The van der Waals surface area contributed by atoms with Crippen LogP contribution in [0.15, 0.2) is 30.3 Å². The number of thiophene rings is 1. The Morgan fingerprint density at radius 1 is 1.30 bits per heavy atom. The van der Waals surface area contributed by atoms with Crippen LogP contribution in [0, 0.1) is 6.92 Å². The lowest BCUT2D eigenvalue weighted by molar-refractivity contribution is 0.0956. The zero-order valence-electron chi connectivity index (χ0n) is 11.5.